The van der Waals surface area contributed by atoms with Crippen molar-refractivity contribution in [2.75, 3.05) is 12.4 Å². The van der Waals surface area contributed by atoms with E-state index in [4.69, 9.17) is 21.6 Å². The van der Waals surface area contributed by atoms with Crippen LogP contribution in [-0.2, 0) is 0 Å². The molecule has 2 rings (SSSR count). The zero-order chi connectivity index (χ0) is 15.2. The fraction of sp³-hybridized carbons (Fsp3) is 0.235. The lowest BCUT2D eigenvalue weighted by atomic mass is 10.0. The Balaban J connectivity index is 2.27. The van der Waals surface area contributed by atoms with E-state index in [1.54, 1.807) is 19.2 Å². The third-order valence-electron chi connectivity index (χ3n) is 3.35. The molecule has 2 aromatic rings. The SMILES string of the molecule is CCC(Nc1ccc(C#N)c(Cl)c1)c1ccccc1OC. The molecule has 0 aliphatic heterocycles. The number of rotatable bonds is 5. The Bertz CT molecular complexity index is 664. The van der Waals surface area contributed by atoms with Gasteiger partial charge in [-0.05, 0) is 30.7 Å². The van der Waals surface area contributed by atoms with Gasteiger partial charge in [-0.25, -0.2) is 0 Å². The number of nitriles is 1. The Labute approximate surface area is 130 Å². The third-order valence-corrected chi connectivity index (χ3v) is 3.67. The highest BCUT2D eigenvalue weighted by atomic mass is 35.5. The number of benzene rings is 2. The van der Waals surface area contributed by atoms with E-state index in [0.29, 0.717) is 10.6 Å². The first-order chi connectivity index (χ1) is 10.2. The third kappa shape index (κ3) is 3.48. The molecule has 1 atom stereocenters. The second-order valence-electron chi connectivity index (χ2n) is 4.65. The van der Waals surface area contributed by atoms with Crippen molar-refractivity contribution < 1.29 is 4.74 Å². The molecule has 0 amide bonds. The number of methoxy groups -OCH3 is 1. The predicted molar refractivity (Wildman–Crippen MR) is 85.8 cm³/mol. The number of nitrogens with one attached hydrogen (secondary N) is 1. The minimum absolute atomic E-state index is 0.116. The standard InChI is InChI=1S/C17H17ClN2O/c1-3-16(14-6-4-5-7-17(14)21-2)20-13-9-8-12(11-19)15(18)10-13/h4-10,16,20H,3H2,1-2H3. The van der Waals surface area contributed by atoms with Gasteiger partial charge in [0.05, 0.1) is 23.7 Å². The van der Waals surface area contributed by atoms with Gasteiger partial charge in [-0.2, -0.15) is 5.26 Å². The Kier molecular flexibility index (Phi) is 5.08. The van der Waals surface area contributed by atoms with Crippen LogP contribution < -0.4 is 10.1 Å². The van der Waals surface area contributed by atoms with E-state index in [2.05, 4.69) is 18.3 Å². The normalized spacial score (nSPS) is 11.5. The minimum atomic E-state index is 0.116. The predicted octanol–water partition coefficient (Wildman–Crippen LogP) is 4.78. The van der Waals surface area contributed by atoms with Gasteiger partial charge in [-0.1, -0.05) is 36.7 Å². The summed E-state index contributed by atoms with van der Waals surface area (Å²) in [6.45, 7) is 2.11. The molecule has 0 saturated heterocycles. The van der Waals surface area contributed by atoms with E-state index in [1.807, 2.05) is 30.3 Å². The average molecular weight is 301 g/mol. The van der Waals surface area contributed by atoms with Gasteiger partial charge in [0.1, 0.15) is 11.8 Å². The number of hydrogen-bond donors (Lipinski definition) is 1. The van der Waals surface area contributed by atoms with Crippen molar-refractivity contribution in [1.29, 1.82) is 5.26 Å². The van der Waals surface area contributed by atoms with Gasteiger partial charge >= 0.3 is 0 Å². The summed E-state index contributed by atoms with van der Waals surface area (Å²) in [5.74, 6) is 0.858. The second kappa shape index (κ2) is 7.01. The highest BCUT2D eigenvalue weighted by molar-refractivity contribution is 6.32. The summed E-state index contributed by atoms with van der Waals surface area (Å²) in [7, 11) is 1.67. The van der Waals surface area contributed by atoms with Crippen LogP contribution in [0.2, 0.25) is 5.02 Å². The van der Waals surface area contributed by atoms with Crippen LogP contribution in [0.25, 0.3) is 0 Å². The Morgan fingerprint density at radius 1 is 1.29 bits per heavy atom. The molecule has 0 aliphatic carbocycles. The highest BCUT2D eigenvalue weighted by Crippen LogP contribution is 2.31. The second-order valence-corrected chi connectivity index (χ2v) is 5.06. The molecule has 0 aliphatic rings. The molecule has 0 heterocycles. The summed E-state index contributed by atoms with van der Waals surface area (Å²) < 4.78 is 5.42. The zero-order valence-corrected chi connectivity index (χ0v) is 12.8. The quantitative estimate of drug-likeness (QED) is 0.864. The van der Waals surface area contributed by atoms with Gasteiger partial charge in [-0.15, -0.1) is 0 Å². The number of anilines is 1. The topological polar surface area (TPSA) is 45.0 Å². The molecule has 108 valence electrons. The maximum Gasteiger partial charge on any atom is 0.124 e. The first kappa shape index (κ1) is 15.2. The van der Waals surface area contributed by atoms with E-state index < -0.39 is 0 Å². The van der Waals surface area contributed by atoms with Crippen molar-refractivity contribution in [3.8, 4) is 11.8 Å². The number of ether oxygens (including phenoxy) is 1. The van der Waals surface area contributed by atoms with Crippen molar-refractivity contribution in [1.82, 2.24) is 0 Å². The molecule has 0 aromatic heterocycles. The van der Waals surface area contributed by atoms with Crippen LogP contribution in [0.1, 0.15) is 30.5 Å². The van der Waals surface area contributed by atoms with Crippen LogP contribution in [0.5, 0.6) is 5.75 Å². The fourth-order valence-electron chi connectivity index (χ4n) is 2.25. The van der Waals surface area contributed by atoms with Crippen LogP contribution in [0.15, 0.2) is 42.5 Å². The van der Waals surface area contributed by atoms with Crippen molar-refractivity contribution in [3.05, 3.63) is 58.6 Å². The lowest BCUT2D eigenvalue weighted by Crippen LogP contribution is -2.11. The summed E-state index contributed by atoms with van der Waals surface area (Å²) in [5.41, 5.74) is 2.47. The highest BCUT2D eigenvalue weighted by Gasteiger charge is 2.14. The van der Waals surface area contributed by atoms with Crippen LogP contribution in [-0.4, -0.2) is 7.11 Å². The van der Waals surface area contributed by atoms with Crippen molar-refractivity contribution in [2.24, 2.45) is 0 Å². The number of halogens is 1. The van der Waals surface area contributed by atoms with Gasteiger partial charge in [-0.3, -0.25) is 0 Å². The van der Waals surface area contributed by atoms with Gasteiger partial charge in [0.25, 0.3) is 0 Å². The lowest BCUT2D eigenvalue weighted by Gasteiger charge is -2.21. The molecule has 0 spiro atoms. The summed E-state index contributed by atoms with van der Waals surface area (Å²) >= 11 is 6.07. The molecule has 0 radical (unpaired) electrons. The van der Waals surface area contributed by atoms with Crippen molar-refractivity contribution >= 4 is 17.3 Å². The summed E-state index contributed by atoms with van der Waals surface area (Å²) in [6.07, 6.45) is 0.901. The maximum atomic E-state index is 8.91. The van der Waals surface area contributed by atoms with Crippen molar-refractivity contribution in [3.63, 3.8) is 0 Å². The number of nitrogens with zero attached hydrogens (tertiary/aromatic N) is 1. The first-order valence-electron chi connectivity index (χ1n) is 6.78. The fourth-order valence-corrected chi connectivity index (χ4v) is 2.47. The van der Waals surface area contributed by atoms with Gasteiger partial charge < -0.3 is 10.1 Å². The summed E-state index contributed by atoms with van der Waals surface area (Å²) in [6, 6.07) is 15.5. The molecular weight excluding hydrogens is 284 g/mol. The van der Waals surface area contributed by atoms with Crippen LogP contribution in [0.3, 0.4) is 0 Å². The lowest BCUT2D eigenvalue weighted by molar-refractivity contribution is 0.406. The first-order valence-corrected chi connectivity index (χ1v) is 7.16. The molecule has 0 fully saturated rings. The van der Waals surface area contributed by atoms with E-state index in [1.165, 1.54) is 0 Å². The van der Waals surface area contributed by atoms with Gasteiger partial charge in [0.2, 0.25) is 0 Å². The minimum Gasteiger partial charge on any atom is -0.496 e. The van der Waals surface area contributed by atoms with E-state index in [-0.39, 0.29) is 6.04 Å². The molecule has 0 bridgehead atoms. The van der Waals surface area contributed by atoms with Gasteiger partial charge in [0, 0.05) is 11.3 Å². The molecule has 1 N–H and O–H groups in total. The monoisotopic (exact) mass is 300 g/mol. The van der Waals surface area contributed by atoms with Crippen LogP contribution in [0.4, 0.5) is 5.69 Å². The maximum absolute atomic E-state index is 8.91. The Morgan fingerprint density at radius 3 is 2.67 bits per heavy atom. The molecular formula is C17H17ClN2O. The molecule has 2 aromatic carbocycles. The number of para-hydroxylation sites is 1. The largest absolute Gasteiger partial charge is 0.496 e. The van der Waals surface area contributed by atoms with E-state index >= 15 is 0 Å². The number of hydrogen-bond acceptors (Lipinski definition) is 3. The average Bonchev–Trinajstić information content (AvgIpc) is 2.52. The molecule has 4 heteroatoms. The van der Waals surface area contributed by atoms with Gasteiger partial charge in [0.15, 0.2) is 0 Å². The van der Waals surface area contributed by atoms with Crippen LogP contribution >= 0.6 is 11.6 Å². The molecule has 1 unspecified atom stereocenters. The summed E-state index contributed by atoms with van der Waals surface area (Å²) in [4.78, 5) is 0. The van der Waals surface area contributed by atoms with E-state index in [9.17, 15) is 0 Å². The smallest absolute Gasteiger partial charge is 0.124 e. The van der Waals surface area contributed by atoms with Crippen molar-refractivity contribution in [2.45, 2.75) is 19.4 Å². The molecule has 21 heavy (non-hydrogen) atoms. The van der Waals surface area contributed by atoms with E-state index in [0.717, 1.165) is 23.4 Å². The summed E-state index contributed by atoms with van der Waals surface area (Å²) in [5, 5.41) is 12.8. The Morgan fingerprint density at radius 2 is 2.05 bits per heavy atom. The van der Waals surface area contributed by atoms with Crippen LogP contribution in [0, 0.1) is 11.3 Å². The molecule has 3 nitrogen and oxygen atoms in total. The molecule has 0 saturated carbocycles. The zero-order valence-electron chi connectivity index (χ0n) is 12.1. The Hall–Kier alpha value is -2.18.